The normalized spacial score (nSPS) is 12.1. The van der Waals surface area contributed by atoms with Crippen LogP contribution in [-0.4, -0.2) is 67.8 Å². The Morgan fingerprint density at radius 3 is 2.14 bits per heavy atom. The van der Waals surface area contributed by atoms with Crippen LogP contribution in [0.2, 0.25) is 0 Å². The molecule has 1 amide bonds. The molecule has 3 aromatic rings. The number of amides is 1. The van der Waals surface area contributed by atoms with E-state index in [1.54, 1.807) is 13.8 Å². The Kier molecular flexibility index (Phi) is 8.92. The molecule has 0 aliphatic heterocycles. The lowest BCUT2D eigenvalue weighted by Gasteiger charge is -2.25. The molecule has 0 spiro atoms. The second-order valence-electron chi connectivity index (χ2n) is 7.83. The molecule has 0 aliphatic rings. The van der Waals surface area contributed by atoms with E-state index in [1.807, 2.05) is 13.8 Å². The minimum atomic E-state index is -3.66. The van der Waals surface area contributed by atoms with Crippen molar-refractivity contribution in [2.45, 2.75) is 32.6 Å². The summed E-state index contributed by atoms with van der Waals surface area (Å²) in [4.78, 5) is 21.5. The highest BCUT2D eigenvalue weighted by Gasteiger charge is 2.25. The summed E-state index contributed by atoms with van der Waals surface area (Å²) in [6.07, 6.45) is 0. The van der Waals surface area contributed by atoms with E-state index in [0.717, 1.165) is 30.5 Å². The number of benzene rings is 2. The van der Waals surface area contributed by atoms with Crippen LogP contribution in [0.5, 0.6) is 0 Å². The van der Waals surface area contributed by atoms with Gasteiger partial charge in [0.15, 0.2) is 10.9 Å². The summed E-state index contributed by atoms with van der Waals surface area (Å²) >= 11 is 1.03. The van der Waals surface area contributed by atoms with Gasteiger partial charge in [0.2, 0.25) is 10.0 Å². The molecule has 0 bridgehead atoms. The molecule has 0 unspecified atom stereocenters. The van der Waals surface area contributed by atoms with E-state index in [2.05, 4.69) is 9.88 Å². The van der Waals surface area contributed by atoms with Crippen LogP contribution in [0.25, 0.3) is 10.2 Å². The highest BCUT2D eigenvalue weighted by molar-refractivity contribution is 7.89. The van der Waals surface area contributed by atoms with Crippen molar-refractivity contribution >= 4 is 42.6 Å². The number of carbonyl (C=O) groups excluding carboxylic acids is 1. The Morgan fingerprint density at radius 1 is 0.943 bits per heavy atom. The van der Waals surface area contributed by atoms with Crippen molar-refractivity contribution in [2.75, 3.05) is 44.2 Å². The molecule has 0 radical (unpaired) electrons. The SMILES string of the molecule is CCN(CC)CCN(C(=O)c1ccc(S(=O)(=O)N(CC)CC)cc1)c1nc2c(F)cc(F)cc2s1. The molecule has 1 aromatic heterocycles. The lowest BCUT2D eigenvalue weighted by Crippen LogP contribution is -2.39. The summed E-state index contributed by atoms with van der Waals surface area (Å²) in [6, 6.07) is 7.73. The van der Waals surface area contributed by atoms with E-state index in [0.29, 0.717) is 24.3 Å². The van der Waals surface area contributed by atoms with Gasteiger partial charge in [0.25, 0.3) is 5.91 Å². The summed E-state index contributed by atoms with van der Waals surface area (Å²) in [5.41, 5.74) is 0.279. The number of halogens is 2. The zero-order valence-corrected chi connectivity index (χ0v) is 21.9. The van der Waals surface area contributed by atoms with E-state index in [9.17, 15) is 22.0 Å². The quantitative estimate of drug-likeness (QED) is 0.367. The number of sulfonamides is 1. The van der Waals surface area contributed by atoms with Crippen molar-refractivity contribution in [1.82, 2.24) is 14.2 Å². The molecule has 0 saturated carbocycles. The third-order valence-electron chi connectivity index (χ3n) is 5.86. The first-order valence-corrected chi connectivity index (χ1v) is 13.8. The van der Waals surface area contributed by atoms with Crippen molar-refractivity contribution in [1.29, 1.82) is 0 Å². The van der Waals surface area contributed by atoms with Gasteiger partial charge in [-0.2, -0.15) is 4.31 Å². The number of thiazole rings is 1. The fraction of sp³-hybridized carbons (Fsp3) is 0.417. The molecule has 11 heteroatoms. The van der Waals surface area contributed by atoms with Gasteiger partial charge in [0.05, 0.1) is 9.60 Å². The number of fused-ring (bicyclic) bond motifs is 1. The van der Waals surface area contributed by atoms with Crippen LogP contribution in [0.1, 0.15) is 38.1 Å². The standard InChI is InChI=1S/C24H30F2N4O3S2/c1-5-28(6-2)13-14-30(24-27-22-20(26)15-18(25)16-21(22)34-24)23(31)17-9-11-19(12-10-17)35(32,33)29(7-3)8-4/h9-12,15-16H,5-8,13-14H2,1-4H3. The summed E-state index contributed by atoms with van der Waals surface area (Å²) in [5, 5.41) is 0.251. The van der Waals surface area contributed by atoms with E-state index in [1.165, 1.54) is 39.5 Å². The molecule has 190 valence electrons. The first-order chi connectivity index (χ1) is 16.7. The molecule has 0 N–H and O–H groups in total. The second-order valence-corrected chi connectivity index (χ2v) is 10.8. The molecule has 7 nitrogen and oxygen atoms in total. The summed E-state index contributed by atoms with van der Waals surface area (Å²) in [6.45, 7) is 10.6. The van der Waals surface area contributed by atoms with Crippen LogP contribution in [0.3, 0.4) is 0 Å². The zero-order valence-electron chi connectivity index (χ0n) is 20.3. The number of hydrogen-bond donors (Lipinski definition) is 0. The van der Waals surface area contributed by atoms with Gasteiger partial charge >= 0.3 is 0 Å². The highest BCUT2D eigenvalue weighted by atomic mass is 32.2. The number of likely N-dealkylation sites (N-methyl/N-ethyl adjacent to an activating group) is 1. The largest absolute Gasteiger partial charge is 0.302 e. The predicted molar refractivity (Wildman–Crippen MR) is 136 cm³/mol. The molecule has 0 saturated heterocycles. The zero-order chi connectivity index (χ0) is 25.8. The number of carbonyl (C=O) groups is 1. The van der Waals surface area contributed by atoms with Gasteiger partial charge < -0.3 is 4.90 Å². The van der Waals surface area contributed by atoms with Crippen LogP contribution in [-0.2, 0) is 10.0 Å². The van der Waals surface area contributed by atoms with Gasteiger partial charge in [0, 0.05) is 37.8 Å². The van der Waals surface area contributed by atoms with Gasteiger partial charge in [-0.25, -0.2) is 22.2 Å². The van der Waals surface area contributed by atoms with Gasteiger partial charge in [0.1, 0.15) is 11.3 Å². The van der Waals surface area contributed by atoms with Crippen LogP contribution in [0, 0.1) is 11.6 Å². The molecule has 0 fully saturated rings. The minimum Gasteiger partial charge on any atom is -0.302 e. The molecule has 1 heterocycles. The fourth-order valence-electron chi connectivity index (χ4n) is 3.76. The number of rotatable bonds is 11. The van der Waals surface area contributed by atoms with Gasteiger partial charge in [-0.3, -0.25) is 9.69 Å². The monoisotopic (exact) mass is 524 g/mol. The average molecular weight is 525 g/mol. The lowest BCUT2D eigenvalue weighted by atomic mass is 10.2. The number of anilines is 1. The highest BCUT2D eigenvalue weighted by Crippen LogP contribution is 2.32. The summed E-state index contributed by atoms with van der Waals surface area (Å²) in [5.74, 6) is -1.90. The van der Waals surface area contributed by atoms with Gasteiger partial charge in [-0.1, -0.05) is 39.0 Å². The summed E-state index contributed by atoms with van der Waals surface area (Å²) < 4.78 is 55.2. The molecule has 3 rings (SSSR count). The Bertz CT molecular complexity index is 1270. The maximum Gasteiger partial charge on any atom is 0.260 e. The molecular formula is C24H30F2N4O3S2. The second kappa shape index (κ2) is 11.5. The van der Waals surface area contributed by atoms with Gasteiger partial charge in [-0.05, 0) is 43.4 Å². The van der Waals surface area contributed by atoms with Crippen molar-refractivity contribution in [3.05, 3.63) is 53.6 Å². The minimum absolute atomic E-state index is 0.00713. The van der Waals surface area contributed by atoms with Crippen molar-refractivity contribution in [3.63, 3.8) is 0 Å². The third kappa shape index (κ3) is 5.85. The lowest BCUT2D eigenvalue weighted by molar-refractivity contribution is 0.0983. The number of aromatic nitrogens is 1. The van der Waals surface area contributed by atoms with Crippen LogP contribution < -0.4 is 4.90 Å². The Morgan fingerprint density at radius 2 is 1.57 bits per heavy atom. The Hall–Kier alpha value is -2.47. The maximum absolute atomic E-state index is 14.3. The van der Waals surface area contributed by atoms with Crippen molar-refractivity contribution in [2.24, 2.45) is 0 Å². The Balaban J connectivity index is 1.97. The smallest absolute Gasteiger partial charge is 0.260 e. The van der Waals surface area contributed by atoms with Crippen LogP contribution >= 0.6 is 11.3 Å². The van der Waals surface area contributed by atoms with E-state index >= 15 is 0 Å². The molecule has 2 aromatic carbocycles. The van der Waals surface area contributed by atoms with Crippen molar-refractivity contribution in [3.8, 4) is 0 Å². The molecule has 0 aliphatic carbocycles. The van der Waals surface area contributed by atoms with E-state index in [-0.39, 0.29) is 27.7 Å². The molecule has 35 heavy (non-hydrogen) atoms. The number of hydrogen-bond acceptors (Lipinski definition) is 6. The topological polar surface area (TPSA) is 73.8 Å². The molecule has 0 atom stereocenters. The van der Waals surface area contributed by atoms with E-state index < -0.39 is 27.6 Å². The molecular weight excluding hydrogens is 494 g/mol. The van der Waals surface area contributed by atoms with E-state index in [4.69, 9.17) is 0 Å². The van der Waals surface area contributed by atoms with Crippen LogP contribution in [0.15, 0.2) is 41.3 Å². The van der Waals surface area contributed by atoms with Gasteiger partial charge in [-0.15, -0.1) is 0 Å². The fourth-order valence-corrected chi connectivity index (χ4v) is 6.25. The first-order valence-electron chi connectivity index (χ1n) is 11.6. The average Bonchev–Trinajstić information content (AvgIpc) is 3.26. The maximum atomic E-state index is 14.3. The third-order valence-corrected chi connectivity index (χ3v) is 8.95. The Labute approximate surface area is 209 Å². The number of nitrogens with zero attached hydrogens (tertiary/aromatic N) is 4. The van der Waals surface area contributed by atoms with Crippen molar-refractivity contribution < 1.29 is 22.0 Å². The first kappa shape index (κ1) is 27.1. The predicted octanol–water partition coefficient (Wildman–Crippen LogP) is 4.59. The summed E-state index contributed by atoms with van der Waals surface area (Å²) in [7, 11) is -3.66. The van der Waals surface area contributed by atoms with Crippen LogP contribution in [0.4, 0.5) is 13.9 Å².